The molecule has 1 rings (SSSR count). The minimum absolute atomic E-state index is 0.0284. The number of hydrogen-bond donors (Lipinski definition) is 1. The highest BCUT2D eigenvalue weighted by molar-refractivity contribution is 9.10. The molecule has 2 N–H and O–H groups in total. The Labute approximate surface area is 77.9 Å². The van der Waals surface area contributed by atoms with Crippen molar-refractivity contribution < 1.29 is 4.39 Å². The van der Waals surface area contributed by atoms with Crippen LogP contribution in [0.3, 0.4) is 0 Å². The van der Waals surface area contributed by atoms with E-state index in [0.717, 1.165) is 0 Å². The summed E-state index contributed by atoms with van der Waals surface area (Å²) in [5.74, 6) is -0.535. The zero-order valence-electron chi connectivity index (χ0n) is 6.14. The van der Waals surface area contributed by atoms with Crippen LogP contribution >= 0.6 is 15.9 Å². The molecule has 62 valence electrons. The molecule has 0 bridgehead atoms. The van der Waals surface area contributed by atoms with Gasteiger partial charge in [-0.1, -0.05) is 15.9 Å². The van der Waals surface area contributed by atoms with Gasteiger partial charge in [0.25, 0.3) is 0 Å². The summed E-state index contributed by atoms with van der Waals surface area (Å²) in [6.45, 7) is 0.166. The fraction of sp³-hybridized carbons (Fsp3) is 0.125. The van der Waals surface area contributed by atoms with Gasteiger partial charge in [0.2, 0.25) is 0 Å². The van der Waals surface area contributed by atoms with Crippen LogP contribution in [0.1, 0.15) is 11.1 Å². The van der Waals surface area contributed by atoms with E-state index in [-0.39, 0.29) is 12.1 Å². The van der Waals surface area contributed by atoms with Crippen LogP contribution in [0.2, 0.25) is 0 Å². The summed E-state index contributed by atoms with van der Waals surface area (Å²) in [7, 11) is 0. The molecule has 4 heteroatoms. The Hall–Kier alpha value is -0.920. The third-order valence-corrected chi connectivity index (χ3v) is 1.93. The second kappa shape index (κ2) is 3.65. The lowest BCUT2D eigenvalue weighted by Crippen LogP contribution is -2.01. The molecule has 0 radical (unpaired) electrons. The van der Waals surface area contributed by atoms with Crippen molar-refractivity contribution >= 4 is 15.9 Å². The van der Waals surface area contributed by atoms with Crippen molar-refractivity contribution in [1.82, 2.24) is 0 Å². The van der Waals surface area contributed by atoms with Gasteiger partial charge in [0.05, 0.1) is 5.56 Å². The van der Waals surface area contributed by atoms with E-state index >= 15 is 0 Å². The number of hydrogen-bond acceptors (Lipinski definition) is 2. The van der Waals surface area contributed by atoms with Crippen LogP contribution in [0.4, 0.5) is 4.39 Å². The second-order valence-electron chi connectivity index (χ2n) is 2.24. The minimum Gasteiger partial charge on any atom is -0.326 e. The number of halogens is 2. The first kappa shape index (κ1) is 9.17. The normalized spacial score (nSPS) is 9.50. The van der Waals surface area contributed by atoms with E-state index in [0.29, 0.717) is 10.0 Å². The quantitative estimate of drug-likeness (QED) is 0.799. The van der Waals surface area contributed by atoms with Crippen LogP contribution < -0.4 is 5.73 Å². The molecule has 0 unspecified atom stereocenters. The van der Waals surface area contributed by atoms with Gasteiger partial charge in [0, 0.05) is 11.0 Å². The Morgan fingerprint density at radius 1 is 1.58 bits per heavy atom. The van der Waals surface area contributed by atoms with Gasteiger partial charge in [0.1, 0.15) is 11.9 Å². The first-order chi connectivity index (χ1) is 5.69. The van der Waals surface area contributed by atoms with E-state index in [1.807, 2.05) is 0 Å². The number of benzene rings is 1. The van der Waals surface area contributed by atoms with E-state index in [1.165, 1.54) is 6.07 Å². The fourth-order valence-corrected chi connectivity index (χ4v) is 1.39. The molecule has 1 aromatic rings. The van der Waals surface area contributed by atoms with Crippen LogP contribution in [0, 0.1) is 17.1 Å². The van der Waals surface area contributed by atoms with E-state index in [4.69, 9.17) is 11.0 Å². The largest absolute Gasteiger partial charge is 0.326 e. The number of nitrogens with two attached hydrogens (primary N) is 1. The molecule has 0 saturated heterocycles. The highest BCUT2D eigenvalue weighted by Crippen LogP contribution is 2.19. The summed E-state index contributed by atoms with van der Waals surface area (Å²) in [5, 5.41) is 8.56. The van der Waals surface area contributed by atoms with Gasteiger partial charge in [-0.3, -0.25) is 0 Å². The second-order valence-corrected chi connectivity index (χ2v) is 3.15. The smallest absolute Gasteiger partial charge is 0.142 e. The molecule has 0 aliphatic rings. The third-order valence-electron chi connectivity index (χ3n) is 1.47. The Kier molecular flexibility index (Phi) is 2.79. The Balaban J connectivity index is 3.36. The maximum absolute atomic E-state index is 13.0. The molecule has 0 aromatic heterocycles. The first-order valence-corrected chi connectivity index (χ1v) is 4.06. The van der Waals surface area contributed by atoms with Crippen molar-refractivity contribution in [3.63, 3.8) is 0 Å². The van der Waals surface area contributed by atoms with Crippen molar-refractivity contribution in [3.8, 4) is 6.07 Å². The summed E-state index contributed by atoms with van der Waals surface area (Å²) in [6, 6.07) is 4.65. The molecular weight excluding hydrogens is 223 g/mol. The zero-order valence-corrected chi connectivity index (χ0v) is 7.73. The van der Waals surface area contributed by atoms with Crippen LogP contribution in [0.25, 0.3) is 0 Å². The Morgan fingerprint density at radius 3 is 2.75 bits per heavy atom. The molecule has 1 aromatic carbocycles. The fourth-order valence-electron chi connectivity index (χ4n) is 0.913. The minimum atomic E-state index is -0.535. The molecule has 0 saturated carbocycles. The predicted molar refractivity (Wildman–Crippen MR) is 46.7 cm³/mol. The van der Waals surface area contributed by atoms with Crippen molar-refractivity contribution in [1.29, 1.82) is 5.26 Å². The Bertz CT molecular complexity index is 344. The SMILES string of the molecule is N#Cc1c(F)cc(Br)cc1CN. The van der Waals surface area contributed by atoms with Crippen LogP contribution in [0.15, 0.2) is 16.6 Å². The molecule has 2 nitrogen and oxygen atoms in total. The summed E-state index contributed by atoms with van der Waals surface area (Å²) < 4.78 is 13.6. The third kappa shape index (κ3) is 1.63. The van der Waals surface area contributed by atoms with Crippen LogP contribution in [-0.4, -0.2) is 0 Å². The maximum Gasteiger partial charge on any atom is 0.142 e. The van der Waals surface area contributed by atoms with Crippen molar-refractivity contribution in [2.45, 2.75) is 6.54 Å². The van der Waals surface area contributed by atoms with E-state index in [1.54, 1.807) is 12.1 Å². The highest BCUT2D eigenvalue weighted by Gasteiger charge is 2.07. The van der Waals surface area contributed by atoms with Gasteiger partial charge in [-0.05, 0) is 17.7 Å². The summed E-state index contributed by atoms with van der Waals surface area (Å²) in [6.07, 6.45) is 0. The van der Waals surface area contributed by atoms with Gasteiger partial charge in [-0.2, -0.15) is 5.26 Å². The summed E-state index contributed by atoms with van der Waals surface area (Å²) in [4.78, 5) is 0. The average Bonchev–Trinajstić information content (AvgIpc) is 2.03. The lowest BCUT2D eigenvalue weighted by Gasteiger charge is -2.01. The molecular formula is C8H6BrFN2. The van der Waals surface area contributed by atoms with Gasteiger partial charge in [-0.15, -0.1) is 0 Å². The van der Waals surface area contributed by atoms with E-state index in [2.05, 4.69) is 15.9 Å². The highest BCUT2D eigenvalue weighted by atomic mass is 79.9. The molecule has 0 fully saturated rings. The lowest BCUT2D eigenvalue weighted by atomic mass is 10.1. The molecule has 0 heterocycles. The topological polar surface area (TPSA) is 49.8 Å². The standard InChI is InChI=1S/C8H6BrFN2/c9-6-1-5(3-11)7(4-12)8(10)2-6/h1-2H,3,11H2. The lowest BCUT2D eigenvalue weighted by molar-refractivity contribution is 0.620. The van der Waals surface area contributed by atoms with Crippen molar-refractivity contribution in [3.05, 3.63) is 33.5 Å². The average molecular weight is 229 g/mol. The van der Waals surface area contributed by atoms with Gasteiger partial charge in [0.15, 0.2) is 0 Å². The number of nitriles is 1. The van der Waals surface area contributed by atoms with Gasteiger partial charge in [-0.25, -0.2) is 4.39 Å². The van der Waals surface area contributed by atoms with Gasteiger partial charge < -0.3 is 5.73 Å². The molecule has 0 atom stereocenters. The van der Waals surface area contributed by atoms with Crippen LogP contribution in [-0.2, 0) is 6.54 Å². The van der Waals surface area contributed by atoms with E-state index < -0.39 is 5.82 Å². The molecule has 0 amide bonds. The van der Waals surface area contributed by atoms with E-state index in [9.17, 15) is 4.39 Å². The molecule has 12 heavy (non-hydrogen) atoms. The summed E-state index contributed by atoms with van der Waals surface area (Å²) in [5.41, 5.74) is 5.87. The zero-order chi connectivity index (χ0) is 9.14. The van der Waals surface area contributed by atoms with Crippen molar-refractivity contribution in [2.24, 2.45) is 5.73 Å². The molecule has 0 aliphatic carbocycles. The van der Waals surface area contributed by atoms with Crippen LogP contribution in [0.5, 0.6) is 0 Å². The number of rotatable bonds is 1. The molecule has 0 spiro atoms. The van der Waals surface area contributed by atoms with Gasteiger partial charge >= 0.3 is 0 Å². The molecule has 0 aliphatic heterocycles. The first-order valence-electron chi connectivity index (χ1n) is 3.27. The number of nitrogens with zero attached hydrogens (tertiary/aromatic N) is 1. The Morgan fingerprint density at radius 2 is 2.25 bits per heavy atom. The monoisotopic (exact) mass is 228 g/mol. The predicted octanol–water partition coefficient (Wildman–Crippen LogP) is 1.92. The van der Waals surface area contributed by atoms with Crippen molar-refractivity contribution in [2.75, 3.05) is 0 Å². The summed E-state index contributed by atoms with van der Waals surface area (Å²) >= 11 is 3.11. The maximum atomic E-state index is 13.0.